The van der Waals surface area contributed by atoms with Gasteiger partial charge in [-0.2, -0.15) is 0 Å². The zero-order valence-corrected chi connectivity index (χ0v) is 15.3. The van der Waals surface area contributed by atoms with E-state index in [1.54, 1.807) is 6.20 Å². The van der Waals surface area contributed by atoms with Crippen LogP contribution in [0, 0.1) is 5.92 Å². The van der Waals surface area contributed by atoms with Gasteiger partial charge in [0.05, 0.1) is 17.9 Å². The molecular weight excluding hydrogens is 328 g/mol. The highest BCUT2D eigenvalue weighted by Crippen LogP contribution is 2.30. The van der Waals surface area contributed by atoms with E-state index in [1.165, 1.54) is 12.8 Å². The first kappa shape index (κ1) is 17.2. The molecule has 2 aromatic heterocycles. The average molecular weight is 354 g/mol. The van der Waals surface area contributed by atoms with Gasteiger partial charge >= 0.3 is 0 Å². The summed E-state index contributed by atoms with van der Waals surface area (Å²) < 4.78 is 5.92. The Labute approximate surface area is 153 Å². The first-order valence-electron chi connectivity index (χ1n) is 9.63. The van der Waals surface area contributed by atoms with Crippen LogP contribution in [0.2, 0.25) is 0 Å². The summed E-state index contributed by atoms with van der Waals surface area (Å²) in [6.45, 7) is 5.12. The van der Waals surface area contributed by atoms with Crippen molar-refractivity contribution in [1.29, 1.82) is 0 Å². The number of nitrogens with zero attached hydrogens (tertiary/aromatic N) is 3. The smallest absolute Gasteiger partial charge is 0.255 e. The Morgan fingerprint density at radius 1 is 1.38 bits per heavy atom. The molecule has 0 saturated heterocycles. The number of aromatic nitrogens is 3. The van der Waals surface area contributed by atoms with E-state index in [0.29, 0.717) is 12.5 Å². The minimum Gasteiger partial charge on any atom is -0.477 e. The predicted molar refractivity (Wildman–Crippen MR) is 99.1 cm³/mol. The summed E-state index contributed by atoms with van der Waals surface area (Å²) in [4.78, 5) is 26.7. The molecule has 1 fully saturated rings. The molecule has 0 aromatic carbocycles. The van der Waals surface area contributed by atoms with Crippen molar-refractivity contribution < 1.29 is 4.74 Å². The average Bonchev–Trinajstić information content (AvgIpc) is 3.46. The third-order valence-electron chi connectivity index (χ3n) is 5.08. The van der Waals surface area contributed by atoms with Crippen molar-refractivity contribution in [2.24, 2.45) is 5.92 Å². The molecule has 26 heavy (non-hydrogen) atoms. The number of ether oxygens (including phenoxy) is 1. The van der Waals surface area contributed by atoms with Crippen LogP contribution in [0.15, 0.2) is 23.1 Å². The van der Waals surface area contributed by atoms with Gasteiger partial charge in [-0.1, -0.05) is 13.0 Å². The van der Waals surface area contributed by atoms with E-state index in [1.807, 2.05) is 6.07 Å². The largest absolute Gasteiger partial charge is 0.477 e. The standard InChI is InChI=1S/C20H26N4O2/c1-2-4-18-22-17-8-10-24(12-16(17)19(25)23-18)11-15-5-3-9-21-20(15)26-13-14-6-7-14/h3,5,9,14H,2,4,6-8,10-13H2,1H3,(H,22,23,25). The molecule has 6 heteroatoms. The molecule has 0 radical (unpaired) electrons. The van der Waals surface area contributed by atoms with Crippen LogP contribution in [-0.4, -0.2) is 33.0 Å². The lowest BCUT2D eigenvalue weighted by molar-refractivity contribution is 0.230. The number of fused-ring (bicyclic) bond motifs is 1. The molecule has 138 valence electrons. The van der Waals surface area contributed by atoms with Crippen LogP contribution in [0.25, 0.3) is 0 Å². The Balaban J connectivity index is 1.47. The first-order valence-corrected chi connectivity index (χ1v) is 9.63. The maximum absolute atomic E-state index is 12.4. The van der Waals surface area contributed by atoms with Gasteiger partial charge in [-0.25, -0.2) is 9.97 Å². The molecule has 6 nitrogen and oxygen atoms in total. The minimum absolute atomic E-state index is 0.0135. The van der Waals surface area contributed by atoms with Crippen LogP contribution in [0.4, 0.5) is 0 Å². The molecule has 0 atom stereocenters. The molecule has 1 aliphatic carbocycles. The Hall–Kier alpha value is -2.21. The van der Waals surface area contributed by atoms with Crippen molar-refractivity contribution in [2.45, 2.75) is 52.1 Å². The summed E-state index contributed by atoms with van der Waals surface area (Å²) in [5, 5.41) is 0. The van der Waals surface area contributed by atoms with Gasteiger partial charge in [-0.05, 0) is 31.2 Å². The number of hydrogen-bond donors (Lipinski definition) is 1. The fraction of sp³-hybridized carbons (Fsp3) is 0.550. The van der Waals surface area contributed by atoms with Gasteiger partial charge < -0.3 is 9.72 Å². The number of aromatic amines is 1. The second-order valence-corrected chi connectivity index (χ2v) is 7.37. The van der Waals surface area contributed by atoms with Gasteiger partial charge in [0.25, 0.3) is 5.56 Å². The molecule has 2 aliphatic rings. The third-order valence-corrected chi connectivity index (χ3v) is 5.08. The SMILES string of the molecule is CCCc1nc2c(c(=O)[nH]1)CN(Cc1cccnc1OCC1CC1)CC2. The Bertz CT molecular complexity index is 829. The van der Waals surface area contributed by atoms with Gasteiger partial charge in [0.2, 0.25) is 5.88 Å². The topological polar surface area (TPSA) is 71.1 Å². The van der Waals surface area contributed by atoms with Crippen LogP contribution >= 0.6 is 0 Å². The lowest BCUT2D eigenvalue weighted by Crippen LogP contribution is -2.36. The zero-order valence-electron chi connectivity index (χ0n) is 15.3. The second-order valence-electron chi connectivity index (χ2n) is 7.37. The predicted octanol–water partition coefficient (Wildman–Crippen LogP) is 2.46. The molecule has 2 aromatic rings. The van der Waals surface area contributed by atoms with Gasteiger partial charge in [-0.15, -0.1) is 0 Å². The Morgan fingerprint density at radius 3 is 3.08 bits per heavy atom. The number of nitrogens with one attached hydrogen (secondary N) is 1. The Morgan fingerprint density at radius 2 is 2.27 bits per heavy atom. The van der Waals surface area contributed by atoms with Gasteiger partial charge in [0.15, 0.2) is 0 Å². The molecule has 0 amide bonds. The number of hydrogen-bond acceptors (Lipinski definition) is 5. The summed E-state index contributed by atoms with van der Waals surface area (Å²) in [6.07, 6.45) is 6.93. The molecule has 0 spiro atoms. The van der Waals surface area contributed by atoms with Gasteiger partial charge in [0.1, 0.15) is 5.82 Å². The monoisotopic (exact) mass is 354 g/mol. The Kier molecular flexibility index (Phi) is 5.02. The zero-order chi connectivity index (χ0) is 17.9. The second kappa shape index (κ2) is 7.58. The van der Waals surface area contributed by atoms with E-state index in [4.69, 9.17) is 4.74 Å². The lowest BCUT2D eigenvalue weighted by atomic mass is 10.1. The van der Waals surface area contributed by atoms with E-state index in [2.05, 4.69) is 32.8 Å². The number of pyridine rings is 1. The molecule has 0 unspecified atom stereocenters. The molecule has 1 aliphatic heterocycles. The van der Waals surface area contributed by atoms with Crippen molar-refractivity contribution >= 4 is 0 Å². The van der Waals surface area contributed by atoms with Gasteiger partial charge in [-0.3, -0.25) is 9.69 Å². The number of rotatable bonds is 7. The van der Waals surface area contributed by atoms with E-state index in [-0.39, 0.29) is 5.56 Å². The summed E-state index contributed by atoms with van der Waals surface area (Å²) in [7, 11) is 0. The van der Waals surface area contributed by atoms with Crippen LogP contribution in [-0.2, 0) is 25.9 Å². The van der Waals surface area contributed by atoms with E-state index < -0.39 is 0 Å². The van der Waals surface area contributed by atoms with Crippen molar-refractivity contribution in [3.63, 3.8) is 0 Å². The highest BCUT2D eigenvalue weighted by molar-refractivity contribution is 5.27. The van der Waals surface area contributed by atoms with Crippen LogP contribution in [0.1, 0.15) is 48.8 Å². The van der Waals surface area contributed by atoms with Crippen molar-refractivity contribution in [1.82, 2.24) is 19.9 Å². The first-order chi connectivity index (χ1) is 12.7. The summed E-state index contributed by atoms with van der Waals surface area (Å²) in [5.41, 5.74) is 2.87. The van der Waals surface area contributed by atoms with E-state index >= 15 is 0 Å². The highest BCUT2D eigenvalue weighted by Gasteiger charge is 2.24. The van der Waals surface area contributed by atoms with Crippen LogP contribution < -0.4 is 10.3 Å². The normalized spacial score (nSPS) is 17.1. The number of aryl methyl sites for hydroxylation is 1. The third kappa shape index (κ3) is 3.96. The fourth-order valence-corrected chi connectivity index (χ4v) is 3.42. The molecule has 1 N–H and O–H groups in total. The summed E-state index contributed by atoms with van der Waals surface area (Å²) in [5.74, 6) is 2.25. The van der Waals surface area contributed by atoms with Crippen molar-refractivity contribution in [3.05, 3.63) is 51.3 Å². The molecular formula is C20H26N4O2. The maximum atomic E-state index is 12.4. The minimum atomic E-state index is 0.0135. The van der Waals surface area contributed by atoms with Crippen LogP contribution in [0.5, 0.6) is 5.88 Å². The van der Waals surface area contributed by atoms with Crippen molar-refractivity contribution in [2.75, 3.05) is 13.2 Å². The van der Waals surface area contributed by atoms with Gasteiger partial charge in [0, 0.05) is 44.2 Å². The maximum Gasteiger partial charge on any atom is 0.255 e. The number of H-pyrrole nitrogens is 1. The quantitative estimate of drug-likeness (QED) is 0.827. The summed E-state index contributed by atoms with van der Waals surface area (Å²) >= 11 is 0. The fourth-order valence-electron chi connectivity index (χ4n) is 3.42. The summed E-state index contributed by atoms with van der Waals surface area (Å²) in [6, 6.07) is 4.01. The van der Waals surface area contributed by atoms with Crippen molar-refractivity contribution in [3.8, 4) is 5.88 Å². The lowest BCUT2D eigenvalue weighted by Gasteiger charge is -2.28. The molecule has 0 bridgehead atoms. The highest BCUT2D eigenvalue weighted by atomic mass is 16.5. The van der Waals surface area contributed by atoms with E-state index in [0.717, 1.165) is 67.5 Å². The molecule has 4 rings (SSSR count). The van der Waals surface area contributed by atoms with Crippen LogP contribution in [0.3, 0.4) is 0 Å². The molecule has 3 heterocycles. The molecule has 1 saturated carbocycles. The van der Waals surface area contributed by atoms with E-state index in [9.17, 15) is 4.79 Å².